The van der Waals surface area contributed by atoms with Crippen molar-refractivity contribution in [1.29, 1.82) is 0 Å². The molecule has 1 fully saturated rings. The fourth-order valence-electron chi connectivity index (χ4n) is 3.42. The van der Waals surface area contributed by atoms with Crippen LogP contribution in [0.15, 0.2) is 69.8 Å². The minimum atomic E-state index is -0.397. The molecular weight excluding hydrogens is 359 g/mol. The second-order valence-corrected chi connectivity index (χ2v) is 6.58. The number of nitrogens with zero attached hydrogens (tertiary/aromatic N) is 2. The number of halogens is 1. The highest BCUT2D eigenvalue weighted by Gasteiger charge is 2.27. The molecule has 1 unspecified atom stereocenters. The summed E-state index contributed by atoms with van der Waals surface area (Å²) < 4.78 is 19.2. The van der Waals surface area contributed by atoms with E-state index in [2.05, 4.69) is 15.5 Å². The van der Waals surface area contributed by atoms with E-state index in [1.807, 2.05) is 12.1 Å². The fraction of sp³-hybridized carbons (Fsp3) is 0.190. The predicted octanol–water partition coefficient (Wildman–Crippen LogP) is 3.86. The molecule has 1 saturated carbocycles. The molecule has 0 bridgehead atoms. The van der Waals surface area contributed by atoms with Crippen LogP contribution in [-0.4, -0.2) is 22.8 Å². The van der Waals surface area contributed by atoms with Gasteiger partial charge in [0.05, 0.1) is 17.1 Å². The maximum Gasteiger partial charge on any atom is 0.274 e. The van der Waals surface area contributed by atoms with E-state index in [0.29, 0.717) is 35.1 Å². The quantitative estimate of drug-likeness (QED) is 0.724. The van der Waals surface area contributed by atoms with Crippen molar-refractivity contribution in [3.05, 3.63) is 71.8 Å². The van der Waals surface area contributed by atoms with Crippen LogP contribution in [0.1, 0.15) is 29.8 Å². The molecule has 0 aliphatic heterocycles. The first kappa shape index (κ1) is 17.9. The molecule has 0 saturated heterocycles. The minimum Gasteiger partial charge on any atom is -0.404 e. The number of nitrogens with two attached hydrogens (primary N) is 1. The molecule has 1 aliphatic carbocycles. The SMILES string of the molecule is NC=C1C(=Nc2ccccc2F)CCCC1NC(=O)c1noc2ccccc12. The number of amides is 1. The number of hydrogen-bond acceptors (Lipinski definition) is 5. The van der Waals surface area contributed by atoms with E-state index < -0.39 is 5.82 Å². The van der Waals surface area contributed by atoms with Crippen LogP contribution in [0.25, 0.3) is 11.0 Å². The van der Waals surface area contributed by atoms with Gasteiger partial charge < -0.3 is 15.6 Å². The molecule has 1 heterocycles. The lowest BCUT2D eigenvalue weighted by Crippen LogP contribution is -2.41. The maximum atomic E-state index is 14.0. The highest BCUT2D eigenvalue weighted by atomic mass is 19.1. The molecule has 1 aromatic heterocycles. The van der Waals surface area contributed by atoms with E-state index in [1.54, 1.807) is 30.3 Å². The van der Waals surface area contributed by atoms with Crippen molar-refractivity contribution in [2.45, 2.75) is 25.3 Å². The van der Waals surface area contributed by atoms with Crippen molar-refractivity contribution >= 4 is 28.3 Å². The number of carbonyl (C=O) groups is 1. The number of rotatable bonds is 3. The van der Waals surface area contributed by atoms with Crippen LogP contribution < -0.4 is 11.1 Å². The summed E-state index contributed by atoms with van der Waals surface area (Å²) in [6.45, 7) is 0. The van der Waals surface area contributed by atoms with Gasteiger partial charge in [-0.05, 0) is 43.5 Å². The van der Waals surface area contributed by atoms with Gasteiger partial charge in [0.25, 0.3) is 5.91 Å². The molecule has 1 amide bonds. The molecular formula is C21H19FN4O2. The Bertz CT molecular complexity index is 1090. The van der Waals surface area contributed by atoms with E-state index in [9.17, 15) is 9.18 Å². The third-order valence-corrected chi connectivity index (χ3v) is 4.80. The maximum absolute atomic E-state index is 14.0. The fourth-order valence-corrected chi connectivity index (χ4v) is 3.42. The Morgan fingerprint density at radius 3 is 2.86 bits per heavy atom. The monoisotopic (exact) mass is 378 g/mol. The van der Waals surface area contributed by atoms with E-state index in [0.717, 1.165) is 6.42 Å². The van der Waals surface area contributed by atoms with Gasteiger partial charge in [-0.1, -0.05) is 29.4 Å². The van der Waals surface area contributed by atoms with E-state index in [1.165, 1.54) is 12.3 Å². The zero-order chi connectivity index (χ0) is 19.5. The minimum absolute atomic E-state index is 0.227. The first-order valence-electron chi connectivity index (χ1n) is 9.07. The molecule has 0 radical (unpaired) electrons. The number of para-hydroxylation sites is 2. The first-order valence-corrected chi connectivity index (χ1v) is 9.07. The predicted molar refractivity (Wildman–Crippen MR) is 105 cm³/mol. The van der Waals surface area contributed by atoms with Gasteiger partial charge in [-0.3, -0.25) is 4.79 Å². The molecule has 142 valence electrons. The molecule has 4 rings (SSSR count). The summed E-state index contributed by atoms with van der Waals surface area (Å²) in [6, 6.07) is 13.2. The second-order valence-electron chi connectivity index (χ2n) is 6.58. The second kappa shape index (κ2) is 7.64. The van der Waals surface area contributed by atoms with E-state index >= 15 is 0 Å². The third kappa shape index (κ3) is 3.38. The molecule has 1 aliphatic rings. The zero-order valence-electron chi connectivity index (χ0n) is 15.1. The number of aromatic nitrogens is 1. The number of fused-ring (bicyclic) bond motifs is 1. The van der Waals surface area contributed by atoms with Gasteiger partial charge in [-0.2, -0.15) is 0 Å². The van der Waals surface area contributed by atoms with Crippen molar-refractivity contribution in [2.75, 3.05) is 0 Å². The van der Waals surface area contributed by atoms with Crippen LogP contribution in [0.5, 0.6) is 0 Å². The lowest BCUT2D eigenvalue weighted by Gasteiger charge is -2.27. The summed E-state index contributed by atoms with van der Waals surface area (Å²) >= 11 is 0. The van der Waals surface area contributed by atoms with Crippen molar-refractivity contribution in [2.24, 2.45) is 10.7 Å². The number of benzene rings is 2. The lowest BCUT2D eigenvalue weighted by molar-refractivity contribution is 0.0933. The Morgan fingerprint density at radius 1 is 1.25 bits per heavy atom. The van der Waals surface area contributed by atoms with Gasteiger partial charge in [0.1, 0.15) is 5.82 Å². The number of nitrogens with one attached hydrogen (secondary N) is 1. The molecule has 1 atom stereocenters. The highest BCUT2D eigenvalue weighted by Crippen LogP contribution is 2.26. The van der Waals surface area contributed by atoms with Crippen LogP contribution in [0.2, 0.25) is 0 Å². The molecule has 0 spiro atoms. The Labute approximate surface area is 160 Å². The van der Waals surface area contributed by atoms with E-state index in [4.69, 9.17) is 10.3 Å². The van der Waals surface area contributed by atoms with Crippen molar-refractivity contribution in [3.8, 4) is 0 Å². The van der Waals surface area contributed by atoms with E-state index in [-0.39, 0.29) is 23.3 Å². The van der Waals surface area contributed by atoms with Crippen LogP contribution >= 0.6 is 0 Å². The Kier molecular flexibility index (Phi) is 4.89. The molecule has 7 heteroatoms. The van der Waals surface area contributed by atoms with Crippen LogP contribution in [0, 0.1) is 5.82 Å². The summed E-state index contributed by atoms with van der Waals surface area (Å²) in [5.41, 5.74) is 8.24. The van der Waals surface area contributed by atoms with Crippen molar-refractivity contribution in [1.82, 2.24) is 10.5 Å². The van der Waals surface area contributed by atoms with Gasteiger partial charge in [0.2, 0.25) is 0 Å². The summed E-state index contributed by atoms with van der Waals surface area (Å²) in [4.78, 5) is 17.2. The van der Waals surface area contributed by atoms with Gasteiger partial charge in [-0.15, -0.1) is 0 Å². The number of hydrogen-bond donors (Lipinski definition) is 2. The molecule has 3 aromatic rings. The Balaban J connectivity index is 1.59. The Morgan fingerprint density at radius 2 is 2.04 bits per heavy atom. The van der Waals surface area contributed by atoms with Gasteiger partial charge in [0, 0.05) is 17.5 Å². The lowest BCUT2D eigenvalue weighted by atomic mass is 9.88. The number of aliphatic imine (C=N–C) groups is 1. The van der Waals surface area contributed by atoms with Crippen LogP contribution in [0.4, 0.5) is 10.1 Å². The summed E-state index contributed by atoms with van der Waals surface area (Å²) in [6.07, 6.45) is 3.61. The average Bonchev–Trinajstić information content (AvgIpc) is 3.14. The van der Waals surface area contributed by atoms with Crippen LogP contribution in [-0.2, 0) is 0 Å². The largest absolute Gasteiger partial charge is 0.404 e. The molecule has 6 nitrogen and oxygen atoms in total. The molecule has 2 aromatic carbocycles. The van der Waals surface area contributed by atoms with Crippen molar-refractivity contribution < 1.29 is 13.7 Å². The third-order valence-electron chi connectivity index (χ3n) is 4.80. The van der Waals surface area contributed by atoms with Gasteiger partial charge >= 0.3 is 0 Å². The smallest absolute Gasteiger partial charge is 0.274 e. The van der Waals surface area contributed by atoms with Crippen molar-refractivity contribution in [3.63, 3.8) is 0 Å². The molecule has 28 heavy (non-hydrogen) atoms. The standard InChI is InChI=1S/C21H19FN4O2/c22-15-7-2-3-8-18(15)24-16-9-5-10-17(14(16)12-23)25-21(27)20-13-6-1-4-11-19(13)28-26-20/h1-4,6-8,11-12,17H,5,9-10,23H2,(H,25,27). The summed E-state index contributed by atoms with van der Waals surface area (Å²) in [5.74, 6) is -0.743. The topological polar surface area (TPSA) is 93.5 Å². The number of carbonyl (C=O) groups excluding carboxylic acids is 1. The summed E-state index contributed by atoms with van der Waals surface area (Å²) in [7, 11) is 0. The normalized spacial score (nSPS) is 20.0. The van der Waals surface area contributed by atoms with Crippen LogP contribution in [0.3, 0.4) is 0 Å². The summed E-state index contributed by atoms with van der Waals surface area (Å²) in [5, 5.41) is 7.50. The average molecular weight is 378 g/mol. The molecule has 3 N–H and O–H groups in total. The Hall–Kier alpha value is -3.48. The van der Waals surface area contributed by atoms with Gasteiger partial charge in [-0.25, -0.2) is 9.38 Å². The highest BCUT2D eigenvalue weighted by molar-refractivity contribution is 6.07. The zero-order valence-corrected chi connectivity index (χ0v) is 15.1. The first-order chi connectivity index (χ1) is 13.7. The van der Waals surface area contributed by atoms with Gasteiger partial charge in [0.15, 0.2) is 11.3 Å².